The van der Waals surface area contributed by atoms with Gasteiger partial charge in [-0.25, -0.2) is 4.98 Å². The maximum atomic E-state index is 7.28. The average molecular weight is 905 g/mol. The fourth-order valence-electron chi connectivity index (χ4n) is 10.2. The van der Waals surface area contributed by atoms with Gasteiger partial charge < -0.3 is 14.5 Å². The van der Waals surface area contributed by atoms with E-state index in [-0.39, 0.29) is 21.7 Å². The fraction of sp³-hybridized carbons (Fsp3) is 0.234. The summed E-state index contributed by atoms with van der Waals surface area (Å²) < 4.78 is 9.62. The Labute approximate surface area is 409 Å². The third kappa shape index (κ3) is 8.60. The Hall–Kier alpha value is -7.37. The predicted octanol–water partition coefficient (Wildman–Crippen LogP) is 16.7. The Balaban J connectivity index is 1.14. The first-order chi connectivity index (χ1) is 33.0. The van der Waals surface area contributed by atoms with Crippen LogP contribution < -0.4 is 14.5 Å². The number of para-hydroxylation sites is 1. The number of aromatic nitrogens is 2. The Morgan fingerprint density at radius 1 is 0.464 bits per heavy atom. The van der Waals surface area contributed by atoms with Crippen molar-refractivity contribution in [2.24, 2.45) is 0 Å². The molecule has 9 aromatic rings. The Kier molecular flexibility index (Phi) is 11.4. The van der Waals surface area contributed by atoms with Gasteiger partial charge in [0.15, 0.2) is 0 Å². The van der Waals surface area contributed by atoms with Crippen LogP contribution in [0.5, 0.6) is 11.5 Å². The van der Waals surface area contributed by atoms with Gasteiger partial charge in [0.05, 0.1) is 17.7 Å². The number of benzene rings is 7. The number of allylic oxidation sites excluding steroid dienone is 1. The summed E-state index contributed by atoms with van der Waals surface area (Å²) in [5.74, 6) is 2.42. The number of pyridine rings is 1. The zero-order valence-corrected chi connectivity index (χ0v) is 41.9. The first-order valence-corrected chi connectivity index (χ1v) is 24.4. The third-order valence-corrected chi connectivity index (χ3v) is 14.3. The van der Waals surface area contributed by atoms with Gasteiger partial charge in [-0.3, -0.25) is 4.57 Å². The molecule has 0 saturated carbocycles. The third-order valence-electron chi connectivity index (χ3n) is 14.3. The topological polar surface area (TPSA) is 33.5 Å². The van der Waals surface area contributed by atoms with Crippen LogP contribution in [0.25, 0.3) is 38.8 Å². The predicted molar refractivity (Wildman–Crippen MR) is 290 cm³/mol. The van der Waals surface area contributed by atoms with Gasteiger partial charge in [0.1, 0.15) is 17.3 Å². The largest absolute Gasteiger partial charge is 0.457 e. The van der Waals surface area contributed by atoms with E-state index in [2.05, 4.69) is 272 Å². The maximum Gasteiger partial charge on any atom is 0.137 e. The van der Waals surface area contributed by atoms with Crippen LogP contribution in [0.3, 0.4) is 0 Å². The number of nitrogens with zero attached hydrogens (tertiary/aromatic N) is 4. The number of hydrogen-bond donors (Lipinski definition) is 0. The van der Waals surface area contributed by atoms with Crippen LogP contribution in [0.2, 0.25) is 0 Å². The van der Waals surface area contributed by atoms with Crippen molar-refractivity contribution >= 4 is 33.2 Å². The van der Waals surface area contributed by atoms with Crippen molar-refractivity contribution in [1.82, 2.24) is 9.55 Å². The lowest BCUT2D eigenvalue weighted by Crippen LogP contribution is -2.34. The molecule has 0 spiro atoms. The van der Waals surface area contributed by atoms with Gasteiger partial charge in [-0.05, 0) is 98.3 Å². The van der Waals surface area contributed by atoms with Crippen LogP contribution >= 0.6 is 0 Å². The molecule has 2 aromatic heterocycles. The molecule has 10 rings (SSSR count). The van der Waals surface area contributed by atoms with E-state index in [1.165, 1.54) is 50.0 Å². The normalized spacial score (nSPS) is 13.6. The second-order valence-corrected chi connectivity index (χ2v) is 21.9. The highest BCUT2D eigenvalue weighted by molar-refractivity contribution is 6.11. The van der Waals surface area contributed by atoms with Gasteiger partial charge in [-0.1, -0.05) is 191 Å². The Morgan fingerprint density at radius 2 is 1.09 bits per heavy atom. The van der Waals surface area contributed by atoms with E-state index in [4.69, 9.17) is 9.72 Å². The highest BCUT2D eigenvalue weighted by atomic mass is 16.5. The molecule has 69 heavy (non-hydrogen) atoms. The Morgan fingerprint density at radius 3 is 1.77 bits per heavy atom. The summed E-state index contributed by atoms with van der Waals surface area (Å²) in [5, 5.41) is 2.41. The van der Waals surface area contributed by atoms with Crippen molar-refractivity contribution in [3.8, 4) is 28.4 Å². The minimum absolute atomic E-state index is 0.0194. The van der Waals surface area contributed by atoms with E-state index < -0.39 is 0 Å². The van der Waals surface area contributed by atoms with Gasteiger partial charge in [0.25, 0.3) is 0 Å². The van der Waals surface area contributed by atoms with Crippen LogP contribution in [0.4, 0.5) is 11.4 Å². The van der Waals surface area contributed by atoms with Crippen LogP contribution in [-0.4, -0.2) is 16.2 Å². The summed E-state index contributed by atoms with van der Waals surface area (Å²) in [7, 11) is 0. The molecule has 0 amide bonds. The molecule has 0 saturated heterocycles. The molecule has 0 fully saturated rings. The SMILES string of the molecule is CC(C)(C)c1cccc(N2C=C(C(C)(C)c3ccccc3)N(c3cc(Oc4cc(C(C)(C)C)c5c6ccccc6n(-c6cc(C(C)(C)c7ccccc7)ccn6)c5c4)cc(-c4ccccc4)c3)C2)c1. The summed E-state index contributed by atoms with van der Waals surface area (Å²) in [6.45, 7) is 23.6. The van der Waals surface area contributed by atoms with Crippen LogP contribution in [0, 0.1) is 0 Å². The minimum Gasteiger partial charge on any atom is -0.457 e. The zero-order chi connectivity index (χ0) is 48.3. The molecule has 0 bridgehead atoms. The van der Waals surface area contributed by atoms with E-state index in [0.717, 1.165) is 45.2 Å². The monoisotopic (exact) mass is 905 g/mol. The van der Waals surface area contributed by atoms with E-state index in [9.17, 15) is 0 Å². The molecule has 5 heteroatoms. The van der Waals surface area contributed by atoms with Crippen molar-refractivity contribution in [3.63, 3.8) is 0 Å². The minimum atomic E-state index is -0.330. The van der Waals surface area contributed by atoms with Gasteiger partial charge in [-0.2, -0.15) is 0 Å². The number of rotatable bonds is 10. The van der Waals surface area contributed by atoms with Crippen LogP contribution in [0.1, 0.15) is 97.1 Å². The fourth-order valence-corrected chi connectivity index (χ4v) is 10.2. The molecule has 1 aliphatic rings. The van der Waals surface area contributed by atoms with Gasteiger partial charge in [0, 0.05) is 63.2 Å². The number of fused-ring (bicyclic) bond motifs is 3. The van der Waals surface area contributed by atoms with E-state index in [1.807, 2.05) is 6.20 Å². The van der Waals surface area contributed by atoms with E-state index >= 15 is 0 Å². The van der Waals surface area contributed by atoms with E-state index in [0.29, 0.717) is 6.67 Å². The molecule has 3 heterocycles. The Bertz CT molecular complexity index is 3350. The molecular formula is C64H64N4O. The van der Waals surface area contributed by atoms with Crippen molar-refractivity contribution < 1.29 is 4.74 Å². The highest BCUT2D eigenvalue weighted by Gasteiger charge is 2.37. The second-order valence-electron chi connectivity index (χ2n) is 21.9. The number of hydrogen-bond acceptors (Lipinski definition) is 4. The van der Waals surface area contributed by atoms with Gasteiger partial charge in [-0.15, -0.1) is 0 Å². The van der Waals surface area contributed by atoms with Crippen LogP contribution in [-0.2, 0) is 21.7 Å². The van der Waals surface area contributed by atoms with Crippen LogP contribution in [0.15, 0.2) is 200 Å². The van der Waals surface area contributed by atoms with Crippen molar-refractivity contribution in [2.75, 3.05) is 16.5 Å². The quantitative estimate of drug-likeness (QED) is 0.137. The lowest BCUT2D eigenvalue weighted by molar-refractivity contribution is 0.480. The molecule has 0 radical (unpaired) electrons. The molecule has 0 N–H and O–H groups in total. The van der Waals surface area contributed by atoms with Gasteiger partial charge in [0.2, 0.25) is 0 Å². The summed E-state index contributed by atoms with van der Waals surface area (Å²) >= 11 is 0. The van der Waals surface area contributed by atoms with Crippen molar-refractivity contribution in [3.05, 3.63) is 228 Å². The summed E-state index contributed by atoms with van der Waals surface area (Å²) in [4.78, 5) is 9.98. The summed E-state index contributed by atoms with van der Waals surface area (Å²) in [6.07, 6.45) is 4.32. The lowest BCUT2D eigenvalue weighted by Gasteiger charge is -2.34. The molecule has 5 nitrogen and oxygen atoms in total. The molecule has 0 atom stereocenters. The molecular weight excluding hydrogens is 841 g/mol. The number of anilines is 2. The van der Waals surface area contributed by atoms with E-state index in [1.54, 1.807) is 0 Å². The number of ether oxygens (including phenoxy) is 1. The second kappa shape index (κ2) is 17.3. The summed E-state index contributed by atoms with van der Waals surface area (Å²) in [6, 6.07) is 65.7. The molecule has 346 valence electrons. The van der Waals surface area contributed by atoms with Crippen molar-refractivity contribution in [1.29, 1.82) is 0 Å². The molecule has 1 aliphatic heterocycles. The molecule has 7 aromatic carbocycles. The molecule has 0 aliphatic carbocycles. The average Bonchev–Trinajstić information content (AvgIpc) is 3.95. The smallest absolute Gasteiger partial charge is 0.137 e. The first kappa shape index (κ1) is 45.4. The lowest BCUT2D eigenvalue weighted by atomic mass is 9.78. The molecule has 0 unspecified atom stereocenters. The van der Waals surface area contributed by atoms with Crippen molar-refractivity contribution in [2.45, 2.75) is 90.9 Å². The highest BCUT2D eigenvalue weighted by Crippen LogP contribution is 2.46. The maximum absolute atomic E-state index is 7.28. The first-order valence-electron chi connectivity index (χ1n) is 24.4. The van der Waals surface area contributed by atoms with Gasteiger partial charge >= 0.3 is 0 Å². The summed E-state index contributed by atoms with van der Waals surface area (Å²) in [5.41, 5.74) is 13.3. The zero-order valence-electron chi connectivity index (χ0n) is 41.9. The standard InChI is InChI=1S/C64H64N4O/c1-61(2,3)48-29-22-30-50(37-48)66-42-58(64(9,10)47-27-18-13-19-28-47)67(43-66)51-35-45(44-23-14-11-15-24-44)36-52(39-51)69-53-40-55(62(4,5)6)60-54-31-20-21-32-56(54)68(57(60)41-53)59-38-49(33-34-65-59)63(7,8)46-25-16-12-17-26-46/h11-42H,43H2,1-10H3.